The Labute approximate surface area is 121 Å². The lowest BCUT2D eigenvalue weighted by atomic mass is 9.68. The molecule has 2 heterocycles. The van der Waals surface area contributed by atoms with E-state index in [2.05, 4.69) is 18.0 Å². The Balaban J connectivity index is 1.33. The maximum atomic E-state index is 5.96. The van der Waals surface area contributed by atoms with Crippen molar-refractivity contribution in [2.24, 2.45) is 17.8 Å². The van der Waals surface area contributed by atoms with Gasteiger partial charge in [0, 0.05) is 16.4 Å². The summed E-state index contributed by atoms with van der Waals surface area (Å²) in [6, 6.07) is 0. The Morgan fingerprint density at radius 1 is 1.05 bits per heavy atom. The molecule has 2 heteroatoms. The van der Waals surface area contributed by atoms with Gasteiger partial charge < -0.3 is 4.74 Å². The van der Waals surface area contributed by atoms with Crippen LogP contribution in [-0.4, -0.2) is 17.1 Å². The topological polar surface area (TPSA) is 9.23 Å². The highest BCUT2D eigenvalue weighted by atomic mass is 32.2. The average molecular weight is 278 g/mol. The standard InChI is InChI=1S/C17H26OS/c1-2-6-12(5-1)10-18-11-13-9-16-14-7-3-4-8-15(14)17(13)19-16/h10,13-17H,1-9,11H2. The summed E-state index contributed by atoms with van der Waals surface area (Å²) in [6.07, 6.45) is 14.9. The summed E-state index contributed by atoms with van der Waals surface area (Å²) in [6.45, 7) is 1.00. The summed E-state index contributed by atoms with van der Waals surface area (Å²) in [5, 5.41) is 1.93. The molecule has 0 aromatic heterocycles. The number of allylic oxidation sites excluding steroid dienone is 1. The van der Waals surface area contributed by atoms with Crippen LogP contribution in [-0.2, 0) is 4.74 Å². The van der Waals surface area contributed by atoms with E-state index >= 15 is 0 Å². The van der Waals surface area contributed by atoms with E-state index in [-0.39, 0.29) is 0 Å². The number of hydrogen-bond donors (Lipinski definition) is 0. The summed E-state index contributed by atoms with van der Waals surface area (Å²) in [5.74, 6) is 2.98. The number of thioether (sulfide) groups is 1. The molecule has 0 amide bonds. The van der Waals surface area contributed by atoms with Gasteiger partial charge >= 0.3 is 0 Å². The monoisotopic (exact) mass is 278 g/mol. The third-order valence-corrected chi connectivity index (χ3v) is 7.85. The molecule has 2 saturated carbocycles. The first-order chi connectivity index (χ1) is 9.42. The SMILES string of the molecule is C(OCC1CC2SC1C1CCCCC21)=C1CCCC1. The Bertz CT molecular complexity index is 356. The van der Waals surface area contributed by atoms with Gasteiger partial charge in [0.15, 0.2) is 0 Å². The summed E-state index contributed by atoms with van der Waals surface area (Å²) in [4.78, 5) is 0. The van der Waals surface area contributed by atoms with E-state index in [4.69, 9.17) is 4.74 Å². The van der Waals surface area contributed by atoms with Gasteiger partial charge in [-0.05, 0) is 62.4 Å². The summed E-state index contributed by atoms with van der Waals surface area (Å²) in [5.41, 5.74) is 1.56. The molecule has 2 aliphatic carbocycles. The molecule has 2 saturated heterocycles. The smallest absolute Gasteiger partial charge is 0.0912 e. The second kappa shape index (κ2) is 5.35. The predicted molar refractivity (Wildman–Crippen MR) is 81.2 cm³/mol. The van der Waals surface area contributed by atoms with Crippen LogP contribution in [0.4, 0.5) is 0 Å². The van der Waals surface area contributed by atoms with Gasteiger partial charge in [-0.3, -0.25) is 0 Å². The number of hydrogen-bond acceptors (Lipinski definition) is 2. The molecule has 0 spiro atoms. The molecular weight excluding hydrogens is 252 g/mol. The summed E-state index contributed by atoms with van der Waals surface area (Å²) in [7, 11) is 0. The molecule has 0 aromatic carbocycles. The summed E-state index contributed by atoms with van der Waals surface area (Å²) < 4.78 is 5.96. The van der Waals surface area contributed by atoms with Crippen LogP contribution < -0.4 is 0 Å². The fraction of sp³-hybridized carbons (Fsp3) is 0.882. The largest absolute Gasteiger partial charge is 0.501 e. The maximum Gasteiger partial charge on any atom is 0.0912 e. The number of rotatable bonds is 3. The van der Waals surface area contributed by atoms with E-state index in [1.807, 2.05) is 0 Å². The van der Waals surface area contributed by atoms with Crippen LogP contribution in [0.25, 0.3) is 0 Å². The van der Waals surface area contributed by atoms with Crippen molar-refractivity contribution in [3.05, 3.63) is 11.8 Å². The molecule has 2 aliphatic heterocycles. The number of fused-ring (bicyclic) bond motifs is 5. The molecule has 5 atom stereocenters. The van der Waals surface area contributed by atoms with Crippen molar-refractivity contribution in [1.82, 2.24) is 0 Å². The van der Waals surface area contributed by atoms with E-state index in [0.29, 0.717) is 0 Å². The lowest BCUT2D eigenvalue weighted by Crippen LogP contribution is -2.36. The highest BCUT2D eigenvalue weighted by molar-refractivity contribution is 8.01. The van der Waals surface area contributed by atoms with Gasteiger partial charge in [-0.2, -0.15) is 11.8 Å². The first-order valence-corrected chi connectivity index (χ1v) is 9.31. The first kappa shape index (κ1) is 12.6. The van der Waals surface area contributed by atoms with Crippen molar-refractivity contribution >= 4 is 11.8 Å². The van der Waals surface area contributed by atoms with Gasteiger partial charge in [0.2, 0.25) is 0 Å². The molecule has 4 aliphatic rings. The van der Waals surface area contributed by atoms with Crippen LogP contribution in [0.1, 0.15) is 57.8 Å². The zero-order valence-corrected chi connectivity index (χ0v) is 12.7. The van der Waals surface area contributed by atoms with Crippen molar-refractivity contribution in [3.63, 3.8) is 0 Å². The maximum absolute atomic E-state index is 5.96. The van der Waals surface area contributed by atoms with Gasteiger partial charge in [-0.1, -0.05) is 12.8 Å². The van der Waals surface area contributed by atoms with Gasteiger partial charge in [0.25, 0.3) is 0 Å². The van der Waals surface area contributed by atoms with Crippen LogP contribution in [0.5, 0.6) is 0 Å². The summed E-state index contributed by atoms with van der Waals surface area (Å²) >= 11 is 2.33. The Kier molecular flexibility index (Phi) is 3.55. The Morgan fingerprint density at radius 2 is 1.84 bits per heavy atom. The quantitative estimate of drug-likeness (QED) is 0.688. The molecule has 106 valence electrons. The van der Waals surface area contributed by atoms with E-state index in [1.54, 1.807) is 5.57 Å². The highest BCUT2D eigenvalue weighted by Crippen LogP contribution is 2.59. The van der Waals surface area contributed by atoms with Gasteiger partial charge in [-0.25, -0.2) is 0 Å². The van der Waals surface area contributed by atoms with Gasteiger partial charge in [0.05, 0.1) is 12.9 Å². The van der Waals surface area contributed by atoms with Crippen molar-refractivity contribution in [1.29, 1.82) is 0 Å². The van der Waals surface area contributed by atoms with Crippen molar-refractivity contribution in [2.75, 3.05) is 6.61 Å². The average Bonchev–Trinajstić information content (AvgIpc) is 3.14. The fourth-order valence-corrected chi connectivity index (χ4v) is 7.24. The van der Waals surface area contributed by atoms with E-state index in [0.717, 1.165) is 34.9 Å². The molecule has 0 aromatic rings. The molecule has 4 fully saturated rings. The molecule has 1 nitrogen and oxygen atoms in total. The fourth-order valence-electron chi connectivity index (χ4n) is 4.98. The van der Waals surface area contributed by atoms with Crippen LogP contribution in [0.2, 0.25) is 0 Å². The second-order valence-electron chi connectivity index (χ2n) is 7.06. The van der Waals surface area contributed by atoms with Crippen molar-refractivity contribution in [2.45, 2.75) is 68.3 Å². The molecule has 19 heavy (non-hydrogen) atoms. The molecule has 2 bridgehead atoms. The van der Waals surface area contributed by atoms with Crippen LogP contribution in [0.15, 0.2) is 11.8 Å². The molecule has 0 N–H and O–H groups in total. The minimum atomic E-state index is 0.854. The van der Waals surface area contributed by atoms with E-state index in [9.17, 15) is 0 Å². The van der Waals surface area contributed by atoms with Crippen molar-refractivity contribution < 1.29 is 4.74 Å². The third kappa shape index (κ3) is 2.34. The van der Waals surface area contributed by atoms with E-state index in [1.165, 1.54) is 57.8 Å². The molecule has 5 unspecified atom stereocenters. The lowest BCUT2D eigenvalue weighted by Gasteiger charge is -2.37. The minimum absolute atomic E-state index is 0.854. The second-order valence-corrected chi connectivity index (χ2v) is 8.49. The third-order valence-electron chi connectivity index (χ3n) is 5.91. The molecular formula is C17H26OS. The normalized spacial score (nSPS) is 44.4. The highest BCUT2D eigenvalue weighted by Gasteiger charge is 2.53. The van der Waals surface area contributed by atoms with Crippen LogP contribution in [0, 0.1) is 17.8 Å². The van der Waals surface area contributed by atoms with Gasteiger partial charge in [-0.15, -0.1) is 0 Å². The Morgan fingerprint density at radius 3 is 2.68 bits per heavy atom. The molecule has 0 radical (unpaired) electrons. The van der Waals surface area contributed by atoms with Crippen molar-refractivity contribution in [3.8, 4) is 0 Å². The zero-order chi connectivity index (χ0) is 12.7. The first-order valence-electron chi connectivity index (χ1n) is 8.37. The Hall–Kier alpha value is -0.110. The van der Waals surface area contributed by atoms with Crippen LogP contribution in [0.3, 0.4) is 0 Å². The van der Waals surface area contributed by atoms with Crippen LogP contribution >= 0.6 is 11.8 Å². The van der Waals surface area contributed by atoms with Gasteiger partial charge in [0.1, 0.15) is 0 Å². The van der Waals surface area contributed by atoms with E-state index < -0.39 is 0 Å². The molecule has 4 rings (SSSR count). The lowest BCUT2D eigenvalue weighted by molar-refractivity contribution is 0.114. The predicted octanol–water partition coefficient (Wildman–Crippen LogP) is 4.77. The minimum Gasteiger partial charge on any atom is -0.501 e. The zero-order valence-electron chi connectivity index (χ0n) is 11.9. The number of ether oxygens (including phenoxy) is 1.